The van der Waals surface area contributed by atoms with Gasteiger partial charge in [0.05, 0.1) is 26.4 Å². The number of primary sulfonamides is 1. The lowest BCUT2D eigenvalue weighted by Crippen LogP contribution is -2.24. The fourth-order valence-corrected chi connectivity index (χ4v) is 5.65. The van der Waals surface area contributed by atoms with E-state index in [-0.39, 0.29) is 22.0 Å². The van der Waals surface area contributed by atoms with Crippen LogP contribution in [-0.4, -0.2) is 29.5 Å². The van der Waals surface area contributed by atoms with Gasteiger partial charge in [-0.15, -0.1) is 11.3 Å². The number of sulfonamides is 1. The molecule has 2 aromatic carbocycles. The monoisotopic (exact) mass is 499 g/mol. The topological polar surface area (TPSA) is 112 Å². The van der Waals surface area contributed by atoms with E-state index in [0.717, 1.165) is 10.4 Å². The molecule has 0 aliphatic heterocycles. The van der Waals surface area contributed by atoms with Crippen molar-refractivity contribution < 1.29 is 13.2 Å². The molecule has 33 heavy (non-hydrogen) atoms. The second-order valence-electron chi connectivity index (χ2n) is 7.43. The summed E-state index contributed by atoms with van der Waals surface area (Å²) in [6.07, 6.45) is 0.483. The molecule has 0 spiro atoms. The lowest BCUT2D eigenvalue weighted by molar-refractivity contribution is 0.102. The number of nitrogens with zero attached hydrogens (tertiary/aromatic N) is 2. The maximum absolute atomic E-state index is 13.2. The highest BCUT2D eigenvalue weighted by Crippen LogP contribution is 2.22. The molecule has 2 N–H and O–H groups in total. The summed E-state index contributed by atoms with van der Waals surface area (Å²) < 4.78 is 24.5. The summed E-state index contributed by atoms with van der Waals surface area (Å²) in [6.45, 7) is 2.28. The molecule has 0 amide bonds. The SMILES string of the molecule is Cc1ccc(C(=O)CSc2nc3ccccc3c(=O)n2CCc2ccc(S(N)(=O)=O)cc2)s1. The van der Waals surface area contributed by atoms with Crippen LogP contribution in [0.2, 0.25) is 0 Å². The molecule has 7 nitrogen and oxygen atoms in total. The first-order chi connectivity index (χ1) is 15.7. The summed E-state index contributed by atoms with van der Waals surface area (Å²) in [5.41, 5.74) is 1.25. The Balaban J connectivity index is 1.60. The van der Waals surface area contributed by atoms with Crippen molar-refractivity contribution in [1.82, 2.24) is 9.55 Å². The summed E-state index contributed by atoms with van der Waals surface area (Å²) in [6, 6.07) is 17.1. The number of carbonyl (C=O) groups is 1. The summed E-state index contributed by atoms with van der Waals surface area (Å²) >= 11 is 2.69. The molecule has 2 aromatic heterocycles. The fraction of sp³-hybridized carbons (Fsp3) is 0.174. The number of thioether (sulfide) groups is 1. The molecule has 0 radical (unpaired) electrons. The van der Waals surface area contributed by atoms with Gasteiger partial charge in [0.2, 0.25) is 10.0 Å². The summed E-state index contributed by atoms with van der Waals surface area (Å²) in [5.74, 6) is 0.166. The van der Waals surface area contributed by atoms with Gasteiger partial charge < -0.3 is 0 Å². The van der Waals surface area contributed by atoms with Gasteiger partial charge in [-0.3, -0.25) is 14.2 Å². The summed E-state index contributed by atoms with van der Waals surface area (Å²) in [4.78, 5) is 32.2. The molecule has 10 heteroatoms. The Morgan fingerprint density at radius 3 is 2.48 bits per heavy atom. The number of carbonyl (C=O) groups excluding carboxylic acids is 1. The van der Waals surface area contributed by atoms with E-state index in [0.29, 0.717) is 33.9 Å². The van der Waals surface area contributed by atoms with Crippen LogP contribution in [0.4, 0.5) is 0 Å². The van der Waals surface area contributed by atoms with Crippen molar-refractivity contribution in [1.29, 1.82) is 0 Å². The van der Waals surface area contributed by atoms with E-state index in [1.165, 1.54) is 35.2 Å². The van der Waals surface area contributed by atoms with Gasteiger partial charge in [-0.25, -0.2) is 18.5 Å². The zero-order chi connectivity index (χ0) is 23.6. The minimum absolute atomic E-state index is 0.00867. The standard InChI is InChI=1S/C23H21N3O4S3/c1-15-6-11-21(32-15)20(27)14-31-23-25-19-5-3-2-4-18(19)22(28)26(23)13-12-16-7-9-17(10-8-16)33(24,29)30/h2-11H,12-14H2,1H3,(H2,24,29,30). The van der Waals surface area contributed by atoms with Crippen molar-refractivity contribution in [2.45, 2.75) is 29.9 Å². The smallest absolute Gasteiger partial charge is 0.262 e. The third-order valence-corrected chi connectivity index (χ3v) is 8.00. The molecule has 0 fully saturated rings. The van der Waals surface area contributed by atoms with Crippen molar-refractivity contribution in [2.24, 2.45) is 5.14 Å². The first-order valence-corrected chi connectivity index (χ1v) is 13.4. The Morgan fingerprint density at radius 1 is 1.09 bits per heavy atom. The van der Waals surface area contributed by atoms with Gasteiger partial charge in [0.15, 0.2) is 10.9 Å². The van der Waals surface area contributed by atoms with Crippen LogP contribution in [0.15, 0.2) is 75.5 Å². The number of hydrogen-bond donors (Lipinski definition) is 1. The predicted molar refractivity (Wildman–Crippen MR) is 132 cm³/mol. The zero-order valence-electron chi connectivity index (χ0n) is 17.7. The molecule has 0 bridgehead atoms. The Labute approximate surface area is 199 Å². The minimum atomic E-state index is -3.76. The zero-order valence-corrected chi connectivity index (χ0v) is 20.2. The first kappa shape index (κ1) is 23.4. The lowest BCUT2D eigenvalue weighted by Gasteiger charge is -2.13. The van der Waals surface area contributed by atoms with Crippen LogP contribution >= 0.6 is 23.1 Å². The number of nitrogens with two attached hydrogens (primary N) is 1. The van der Waals surface area contributed by atoms with Gasteiger partial charge in [0.25, 0.3) is 5.56 Å². The number of Topliss-reactive ketones (excluding diaryl/α,β-unsaturated/α-hetero) is 1. The Morgan fingerprint density at radius 2 is 1.82 bits per heavy atom. The quantitative estimate of drug-likeness (QED) is 0.225. The number of fused-ring (bicyclic) bond motifs is 1. The van der Waals surface area contributed by atoms with Gasteiger partial charge in [-0.1, -0.05) is 36.0 Å². The largest absolute Gasteiger partial charge is 0.292 e. The van der Waals surface area contributed by atoms with E-state index in [2.05, 4.69) is 4.98 Å². The molecule has 0 saturated carbocycles. The molecule has 2 heterocycles. The van der Waals surface area contributed by atoms with Crippen molar-refractivity contribution in [2.75, 3.05) is 5.75 Å². The van der Waals surface area contributed by atoms with Crippen molar-refractivity contribution in [3.63, 3.8) is 0 Å². The second-order valence-corrected chi connectivity index (χ2v) is 11.2. The average Bonchev–Trinajstić information content (AvgIpc) is 3.23. The van der Waals surface area contributed by atoms with E-state index in [1.54, 1.807) is 34.9 Å². The summed E-state index contributed by atoms with van der Waals surface area (Å²) in [7, 11) is -3.76. The molecule has 4 aromatic rings. The van der Waals surface area contributed by atoms with Crippen molar-refractivity contribution in [3.8, 4) is 0 Å². The van der Waals surface area contributed by atoms with Crippen LogP contribution < -0.4 is 10.7 Å². The van der Waals surface area contributed by atoms with Gasteiger partial charge >= 0.3 is 0 Å². The van der Waals surface area contributed by atoms with E-state index in [4.69, 9.17) is 5.14 Å². The third-order valence-electron chi connectivity index (χ3n) is 5.05. The minimum Gasteiger partial charge on any atom is -0.292 e. The Kier molecular flexibility index (Phi) is 6.80. The van der Waals surface area contributed by atoms with Crippen LogP contribution in [-0.2, 0) is 23.0 Å². The highest BCUT2D eigenvalue weighted by molar-refractivity contribution is 7.99. The number of rotatable bonds is 8. The molecule has 0 saturated heterocycles. The van der Waals surface area contributed by atoms with Crippen LogP contribution in [0.1, 0.15) is 20.1 Å². The maximum atomic E-state index is 13.2. The summed E-state index contributed by atoms with van der Waals surface area (Å²) in [5, 5.41) is 6.13. The van der Waals surface area contributed by atoms with Crippen LogP contribution in [0, 0.1) is 6.92 Å². The lowest BCUT2D eigenvalue weighted by atomic mass is 10.1. The second kappa shape index (κ2) is 9.60. The number of aryl methyl sites for hydroxylation is 2. The first-order valence-electron chi connectivity index (χ1n) is 10.1. The van der Waals surface area contributed by atoms with Gasteiger partial charge in [0.1, 0.15) is 0 Å². The number of hydrogen-bond acceptors (Lipinski definition) is 7. The van der Waals surface area contributed by atoms with Crippen LogP contribution in [0.5, 0.6) is 0 Å². The number of para-hydroxylation sites is 1. The molecule has 0 aliphatic rings. The molecule has 0 aliphatic carbocycles. The Bertz CT molecular complexity index is 1490. The number of thiophene rings is 1. The van der Waals surface area contributed by atoms with Crippen LogP contribution in [0.25, 0.3) is 10.9 Å². The van der Waals surface area contributed by atoms with E-state index >= 15 is 0 Å². The van der Waals surface area contributed by atoms with Crippen molar-refractivity contribution >= 4 is 49.8 Å². The van der Waals surface area contributed by atoms with Gasteiger partial charge in [0, 0.05) is 11.4 Å². The van der Waals surface area contributed by atoms with Crippen LogP contribution in [0.3, 0.4) is 0 Å². The van der Waals surface area contributed by atoms with Crippen molar-refractivity contribution in [3.05, 3.63) is 86.3 Å². The maximum Gasteiger partial charge on any atom is 0.262 e. The number of benzene rings is 2. The molecular weight excluding hydrogens is 478 g/mol. The van der Waals surface area contributed by atoms with Gasteiger partial charge in [-0.05, 0) is 55.3 Å². The average molecular weight is 500 g/mol. The molecule has 0 atom stereocenters. The fourth-order valence-electron chi connectivity index (χ4n) is 3.33. The molecule has 4 rings (SSSR count). The third kappa shape index (κ3) is 5.41. The molecule has 0 unspecified atom stereocenters. The highest BCUT2D eigenvalue weighted by atomic mass is 32.2. The van der Waals surface area contributed by atoms with E-state index < -0.39 is 10.0 Å². The molecular formula is C23H21N3O4S3. The Hall–Kier alpha value is -2.79. The van der Waals surface area contributed by atoms with E-state index in [1.807, 2.05) is 25.1 Å². The molecule has 170 valence electrons. The predicted octanol–water partition coefficient (Wildman–Crippen LogP) is 3.63. The van der Waals surface area contributed by atoms with E-state index in [9.17, 15) is 18.0 Å². The van der Waals surface area contributed by atoms with Gasteiger partial charge in [-0.2, -0.15) is 0 Å². The number of ketones is 1. The highest BCUT2D eigenvalue weighted by Gasteiger charge is 2.15. The number of aromatic nitrogens is 2. The normalized spacial score (nSPS) is 11.7.